The van der Waals surface area contributed by atoms with Crippen LogP contribution in [0.5, 0.6) is 11.5 Å². The summed E-state index contributed by atoms with van der Waals surface area (Å²) in [4.78, 5) is 12.1. The van der Waals surface area contributed by atoms with Gasteiger partial charge in [-0.05, 0) is 54.7 Å². The quantitative estimate of drug-likeness (QED) is 0.526. The van der Waals surface area contributed by atoms with Crippen LogP contribution >= 0.6 is 0 Å². The number of benzene rings is 2. The van der Waals surface area contributed by atoms with E-state index in [0.29, 0.717) is 18.9 Å². The summed E-state index contributed by atoms with van der Waals surface area (Å²) in [5.41, 5.74) is 1.72. The van der Waals surface area contributed by atoms with Crippen molar-refractivity contribution in [2.24, 2.45) is 0 Å². The van der Waals surface area contributed by atoms with E-state index in [-0.39, 0.29) is 30.7 Å². The molecule has 0 fully saturated rings. The predicted octanol–water partition coefficient (Wildman–Crippen LogP) is 4.32. The van der Waals surface area contributed by atoms with Crippen LogP contribution in [0.3, 0.4) is 0 Å². The van der Waals surface area contributed by atoms with Gasteiger partial charge in [0.15, 0.2) is 11.6 Å². The number of nitrogens with one attached hydrogen (secondary N) is 2. The van der Waals surface area contributed by atoms with Gasteiger partial charge in [0.2, 0.25) is 0 Å². The Morgan fingerprint density at radius 2 is 2.00 bits per heavy atom. The lowest BCUT2D eigenvalue weighted by atomic mass is 9.87. The maximum Gasteiger partial charge on any atom is 0.387 e. The number of urea groups is 1. The topological polar surface area (TPSA) is 59.6 Å². The largest absolute Gasteiger partial charge is 0.489 e. The van der Waals surface area contributed by atoms with Gasteiger partial charge in [0.1, 0.15) is 18.2 Å². The lowest BCUT2D eigenvalue weighted by molar-refractivity contribution is -0.0499. The summed E-state index contributed by atoms with van der Waals surface area (Å²) in [5, 5.41) is 5.44. The van der Waals surface area contributed by atoms with Crippen molar-refractivity contribution in [1.29, 1.82) is 0 Å². The van der Waals surface area contributed by atoms with Crippen LogP contribution in [0, 0.1) is 11.6 Å². The average Bonchev–Trinajstić information content (AvgIpc) is 2.66. The zero-order valence-electron chi connectivity index (χ0n) is 15.4. The standard InChI is InChI=1S/C20H20F4N2O3/c21-13-4-7-18(16(22)11-13)28-9-8-25-20(27)26-17-3-1-2-12-10-14(29-19(23)24)5-6-15(12)17/h4-7,10-11,17,19H,1-3,8-9H2,(H2,25,26,27). The summed E-state index contributed by atoms with van der Waals surface area (Å²) in [6, 6.07) is 6.98. The molecule has 0 saturated carbocycles. The Balaban J connectivity index is 1.48. The summed E-state index contributed by atoms with van der Waals surface area (Å²) < 4.78 is 60.6. The maximum absolute atomic E-state index is 13.5. The summed E-state index contributed by atoms with van der Waals surface area (Å²) >= 11 is 0. The van der Waals surface area contributed by atoms with Crippen molar-refractivity contribution in [3.63, 3.8) is 0 Å². The van der Waals surface area contributed by atoms with Crippen LogP contribution in [0.25, 0.3) is 0 Å². The van der Waals surface area contributed by atoms with Gasteiger partial charge in [0.25, 0.3) is 0 Å². The molecule has 29 heavy (non-hydrogen) atoms. The molecule has 0 spiro atoms. The van der Waals surface area contributed by atoms with Crippen molar-refractivity contribution in [3.8, 4) is 11.5 Å². The second-order valence-electron chi connectivity index (χ2n) is 6.51. The molecule has 9 heteroatoms. The Morgan fingerprint density at radius 1 is 1.17 bits per heavy atom. The van der Waals surface area contributed by atoms with Gasteiger partial charge in [-0.15, -0.1) is 0 Å². The number of alkyl halides is 2. The normalized spacial score (nSPS) is 15.6. The summed E-state index contributed by atoms with van der Waals surface area (Å²) in [6.45, 7) is -2.77. The third-order valence-electron chi connectivity index (χ3n) is 4.50. The number of amides is 2. The highest BCUT2D eigenvalue weighted by molar-refractivity contribution is 5.74. The number of halogens is 4. The fourth-order valence-corrected chi connectivity index (χ4v) is 3.24. The highest BCUT2D eigenvalue weighted by Gasteiger charge is 2.22. The van der Waals surface area contributed by atoms with E-state index in [1.807, 2.05) is 0 Å². The molecule has 0 bridgehead atoms. The molecule has 2 amide bonds. The SMILES string of the molecule is O=C(NCCOc1ccc(F)cc1F)NC1CCCc2cc(OC(F)F)ccc21. The molecule has 1 aliphatic carbocycles. The molecular formula is C20H20F4N2O3. The minimum atomic E-state index is -2.89. The number of fused-ring (bicyclic) bond motifs is 1. The van der Waals surface area contributed by atoms with Crippen LogP contribution in [-0.2, 0) is 6.42 Å². The van der Waals surface area contributed by atoms with Gasteiger partial charge in [-0.2, -0.15) is 8.78 Å². The van der Waals surface area contributed by atoms with Gasteiger partial charge in [0, 0.05) is 6.07 Å². The molecule has 1 unspecified atom stereocenters. The summed E-state index contributed by atoms with van der Waals surface area (Å²) in [6.07, 6.45) is 2.22. The number of carbonyl (C=O) groups excluding carboxylic acids is 1. The number of rotatable bonds is 7. The molecule has 0 radical (unpaired) electrons. The zero-order chi connectivity index (χ0) is 20.8. The van der Waals surface area contributed by atoms with E-state index in [9.17, 15) is 22.4 Å². The first-order valence-electron chi connectivity index (χ1n) is 9.12. The van der Waals surface area contributed by atoms with E-state index >= 15 is 0 Å². The summed E-state index contributed by atoms with van der Waals surface area (Å²) in [5.74, 6) is -1.53. The highest BCUT2D eigenvalue weighted by Crippen LogP contribution is 2.32. The van der Waals surface area contributed by atoms with Gasteiger partial charge in [-0.3, -0.25) is 0 Å². The minimum absolute atomic E-state index is 0.00551. The Labute approximate surface area is 165 Å². The van der Waals surface area contributed by atoms with Gasteiger partial charge in [0.05, 0.1) is 12.6 Å². The fraction of sp³-hybridized carbons (Fsp3) is 0.350. The molecular weight excluding hydrogens is 392 g/mol. The maximum atomic E-state index is 13.5. The Bertz CT molecular complexity index is 864. The number of hydrogen-bond donors (Lipinski definition) is 2. The van der Waals surface area contributed by atoms with Crippen molar-refractivity contribution in [3.05, 3.63) is 59.2 Å². The molecule has 0 saturated heterocycles. The van der Waals surface area contributed by atoms with Gasteiger partial charge in [-0.25, -0.2) is 13.6 Å². The Morgan fingerprint density at radius 3 is 2.76 bits per heavy atom. The van der Waals surface area contributed by atoms with E-state index in [0.717, 1.165) is 23.6 Å². The van der Waals surface area contributed by atoms with Crippen LogP contribution in [0.2, 0.25) is 0 Å². The number of ether oxygens (including phenoxy) is 2. The van der Waals surface area contributed by atoms with Crippen molar-refractivity contribution >= 4 is 6.03 Å². The lowest BCUT2D eigenvalue weighted by Gasteiger charge is -2.27. The van der Waals surface area contributed by atoms with E-state index in [4.69, 9.17) is 4.74 Å². The molecule has 3 rings (SSSR count). The average molecular weight is 412 g/mol. The molecule has 2 aromatic carbocycles. The van der Waals surface area contributed by atoms with E-state index < -0.39 is 24.3 Å². The van der Waals surface area contributed by atoms with E-state index in [1.165, 1.54) is 12.1 Å². The van der Waals surface area contributed by atoms with Crippen LogP contribution < -0.4 is 20.1 Å². The number of carbonyl (C=O) groups is 1. The summed E-state index contributed by atoms with van der Waals surface area (Å²) in [7, 11) is 0. The first kappa shape index (κ1) is 20.8. The molecule has 156 valence electrons. The Hall–Kier alpha value is -2.97. The highest BCUT2D eigenvalue weighted by atomic mass is 19.3. The van der Waals surface area contributed by atoms with Crippen molar-refractivity contribution in [1.82, 2.24) is 10.6 Å². The van der Waals surface area contributed by atoms with Crippen LogP contribution in [0.4, 0.5) is 22.4 Å². The monoisotopic (exact) mass is 412 g/mol. The molecule has 5 nitrogen and oxygen atoms in total. The molecule has 0 heterocycles. The molecule has 1 atom stereocenters. The van der Waals surface area contributed by atoms with Crippen molar-refractivity contribution in [2.45, 2.75) is 31.9 Å². The molecule has 1 aliphatic rings. The van der Waals surface area contributed by atoms with E-state index in [1.54, 1.807) is 12.1 Å². The van der Waals surface area contributed by atoms with Crippen LogP contribution in [0.15, 0.2) is 36.4 Å². The molecule has 0 aromatic heterocycles. The van der Waals surface area contributed by atoms with Crippen molar-refractivity contribution < 1.29 is 31.8 Å². The predicted molar refractivity (Wildman–Crippen MR) is 97.1 cm³/mol. The third-order valence-corrected chi connectivity index (χ3v) is 4.50. The third kappa shape index (κ3) is 5.75. The molecule has 0 aliphatic heterocycles. The van der Waals surface area contributed by atoms with Crippen molar-refractivity contribution in [2.75, 3.05) is 13.2 Å². The number of hydrogen-bond acceptors (Lipinski definition) is 3. The first-order chi connectivity index (χ1) is 13.9. The van der Waals surface area contributed by atoms with Gasteiger partial charge >= 0.3 is 12.6 Å². The number of aryl methyl sites for hydroxylation is 1. The molecule has 2 aromatic rings. The lowest BCUT2D eigenvalue weighted by Crippen LogP contribution is -2.40. The minimum Gasteiger partial charge on any atom is -0.489 e. The van der Waals surface area contributed by atoms with Gasteiger partial charge < -0.3 is 20.1 Å². The smallest absolute Gasteiger partial charge is 0.387 e. The van der Waals surface area contributed by atoms with Crippen LogP contribution in [-0.4, -0.2) is 25.8 Å². The second-order valence-corrected chi connectivity index (χ2v) is 6.51. The van der Waals surface area contributed by atoms with Gasteiger partial charge in [-0.1, -0.05) is 6.07 Å². The first-order valence-corrected chi connectivity index (χ1v) is 9.12. The second kappa shape index (κ2) is 9.49. The zero-order valence-corrected chi connectivity index (χ0v) is 15.4. The molecule has 2 N–H and O–H groups in total. The Kier molecular flexibility index (Phi) is 6.79. The fourth-order valence-electron chi connectivity index (χ4n) is 3.24. The van der Waals surface area contributed by atoms with E-state index in [2.05, 4.69) is 15.4 Å². The van der Waals surface area contributed by atoms with Crippen LogP contribution in [0.1, 0.15) is 30.0 Å².